The second-order valence-corrected chi connectivity index (χ2v) is 7.04. The maximum Gasteiger partial charge on any atom is 0.231 e. The van der Waals surface area contributed by atoms with Crippen molar-refractivity contribution in [1.29, 1.82) is 0 Å². The van der Waals surface area contributed by atoms with E-state index >= 15 is 0 Å². The number of nitrogens with two attached hydrogens (primary N) is 1. The summed E-state index contributed by atoms with van der Waals surface area (Å²) in [4.78, 5) is 34.3. The third-order valence-corrected chi connectivity index (χ3v) is 5.35. The topological polar surface area (TPSA) is 82.8 Å². The molecule has 7 nitrogen and oxygen atoms in total. The van der Waals surface area contributed by atoms with Crippen LogP contribution >= 0.6 is 11.3 Å². The molecule has 2 amide bonds. The van der Waals surface area contributed by atoms with Crippen LogP contribution in [0.5, 0.6) is 0 Å². The van der Waals surface area contributed by atoms with Gasteiger partial charge in [0, 0.05) is 44.3 Å². The molecular formula is C15H23N5O2S. The Balaban J connectivity index is 1.51. The van der Waals surface area contributed by atoms with Crippen LogP contribution in [0, 0.1) is 5.92 Å². The molecule has 0 aromatic carbocycles. The highest BCUT2D eigenvalue weighted by Gasteiger charge is 2.31. The summed E-state index contributed by atoms with van der Waals surface area (Å²) in [6.07, 6.45) is 3.66. The van der Waals surface area contributed by atoms with Gasteiger partial charge in [-0.1, -0.05) is 0 Å². The van der Waals surface area contributed by atoms with Gasteiger partial charge in [-0.2, -0.15) is 0 Å². The van der Waals surface area contributed by atoms with Gasteiger partial charge in [-0.15, -0.1) is 11.3 Å². The van der Waals surface area contributed by atoms with Gasteiger partial charge < -0.3 is 15.5 Å². The average molecular weight is 337 g/mol. The number of hydrogen-bond acceptors (Lipinski definition) is 6. The fraction of sp³-hybridized carbons (Fsp3) is 0.667. The lowest BCUT2D eigenvalue weighted by Crippen LogP contribution is -2.53. The molecule has 0 aliphatic carbocycles. The van der Waals surface area contributed by atoms with Gasteiger partial charge in [-0.25, -0.2) is 4.98 Å². The Hall–Kier alpha value is -1.67. The predicted octanol–water partition coefficient (Wildman–Crippen LogP) is -0.0110. The summed E-state index contributed by atoms with van der Waals surface area (Å²) in [5.41, 5.74) is 5.26. The minimum absolute atomic E-state index is 0.00508. The summed E-state index contributed by atoms with van der Waals surface area (Å²) < 4.78 is 0. The van der Waals surface area contributed by atoms with E-state index in [0.717, 1.165) is 50.7 Å². The van der Waals surface area contributed by atoms with Gasteiger partial charge in [0.2, 0.25) is 11.8 Å². The lowest BCUT2D eigenvalue weighted by Gasteiger charge is -2.38. The Labute approximate surface area is 140 Å². The molecule has 2 N–H and O–H groups in total. The SMILES string of the molecule is NC(=O)CN1CCCC(C(=O)N2CCN(c3nccs3)CC2)C1. The van der Waals surface area contributed by atoms with E-state index in [2.05, 4.69) is 9.88 Å². The monoisotopic (exact) mass is 337 g/mol. The number of thiazole rings is 1. The van der Waals surface area contributed by atoms with Crippen LogP contribution < -0.4 is 10.6 Å². The molecule has 2 aliphatic heterocycles. The molecule has 3 heterocycles. The molecule has 3 rings (SSSR count). The van der Waals surface area contributed by atoms with Gasteiger partial charge in [0.1, 0.15) is 0 Å². The number of nitrogens with zero attached hydrogens (tertiary/aromatic N) is 4. The van der Waals surface area contributed by atoms with Crippen molar-refractivity contribution in [3.8, 4) is 0 Å². The van der Waals surface area contributed by atoms with Crippen LogP contribution in [0.15, 0.2) is 11.6 Å². The Bertz CT molecular complexity index is 542. The lowest BCUT2D eigenvalue weighted by molar-refractivity contribution is -0.138. The Kier molecular flexibility index (Phi) is 5.12. The molecule has 1 atom stereocenters. The first-order valence-corrected chi connectivity index (χ1v) is 8.95. The quantitative estimate of drug-likeness (QED) is 0.835. The smallest absolute Gasteiger partial charge is 0.231 e. The average Bonchev–Trinajstić information content (AvgIpc) is 3.08. The number of rotatable bonds is 4. The van der Waals surface area contributed by atoms with Gasteiger partial charge in [-0.3, -0.25) is 14.5 Å². The zero-order chi connectivity index (χ0) is 16.2. The number of anilines is 1. The molecule has 0 radical (unpaired) electrons. The standard InChI is InChI=1S/C15H23N5O2S/c16-13(21)11-18-4-1-2-12(10-18)14(22)19-5-7-20(8-6-19)15-17-3-9-23-15/h3,9,12H,1-2,4-8,10-11H2,(H2,16,21). The zero-order valence-corrected chi connectivity index (χ0v) is 14.0. The van der Waals surface area contributed by atoms with E-state index in [1.807, 2.05) is 21.4 Å². The maximum absolute atomic E-state index is 12.7. The summed E-state index contributed by atoms with van der Waals surface area (Å²) in [6, 6.07) is 0. The summed E-state index contributed by atoms with van der Waals surface area (Å²) in [5, 5.41) is 3.00. The van der Waals surface area contributed by atoms with E-state index in [9.17, 15) is 9.59 Å². The molecule has 2 aliphatic rings. The van der Waals surface area contributed by atoms with Crippen molar-refractivity contribution in [1.82, 2.24) is 14.8 Å². The van der Waals surface area contributed by atoms with Crippen molar-refractivity contribution >= 4 is 28.3 Å². The zero-order valence-electron chi connectivity index (χ0n) is 13.2. The van der Waals surface area contributed by atoms with Crippen molar-refractivity contribution in [2.75, 3.05) is 50.7 Å². The Morgan fingerprint density at radius 2 is 2.04 bits per heavy atom. The van der Waals surface area contributed by atoms with E-state index in [0.29, 0.717) is 6.54 Å². The number of carbonyl (C=O) groups is 2. The molecule has 2 fully saturated rings. The molecule has 126 valence electrons. The maximum atomic E-state index is 12.7. The van der Waals surface area contributed by atoms with Gasteiger partial charge in [0.25, 0.3) is 0 Å². The number of amides is 2. The van der Waals surface area contributed by atoms with Crippen LogP contribution in [-0.4, -0.2) is 72.4 Å². The van der Waals surface area contributed by atoms with Crippen LogP contribution in [0.2, 0.25) is 0 Å². The first kappa shape index (κ1) is 16.2. The molecule has 0 saturated carbocycles. The van der Waals surface area contributed by atoms with Crippen molar-refractivity contribution in [3.05, 3.63) is 11.6 Å². The van der Waals surface area contributed by atoms with E-state index in [-0.39, 0.29) is 24.3 Å². The van der Waals surface area contributed by atoms with Crippen LogP contribution in [-0.2, 0) is 9.59 Å². The summed E-state index contributed by atoms with van der Waals surface area (Å²) >= 11 is 1.63. The van der Waals surface area contributed by atoms with Crippen molar-refractivity contribution in [2.45, 2.75) is 12.8 Å². The largest absolute Gasteiger partial charge is 0.369 e. The van der Waals surface area contributed by atoms with Crippen LogP contribution in [0.1, 0.15) is 12.8 Å². The number of likely N-dealkylation sites (tertiary alicyclic amines) is 1. The lowest BCUT2D eigenvalue weighted by atomic mass is 9.96. The molecule has 23 heavy (non-hydrogen) atoms. The molecule has 2 saturated heterocycles. The molecule has 1 aromatic rings. The molecule has 1 aromatic heterocycles. The minimum atomic E-state index is -0.324. The number of piperazine rings is 1. The first-order chi connectivity index (χ1) is 11.1. The van der Waals surface area contributed by atoms with Crippen molar-refractivity contribution < 1.29 is 9.59 Å². The highest BCUT2D eigenvalue weighted by atomic mass is 32.1. The van der Waals surface area contributed by atoms with Crippen LogP contribution in [0.4, 0.5) is 5.13 Å². The summed E-state index contributed by atoms with van der Waals surface area (Å²) in [6.45, 7) is 4.89. The van der Waals surface area contributed by atoms with Crippen molar-refractivity contribution in [2.24, 2.45) is 11.7 Å². The molecular weight excluding hydrogens is 314 g/mol. The molecule has 0 spiro atoms. The third-order valence-electron chi connectivity index (χ3n) is 4.52. The fourth-order valence-corrected chi connectivity index (χ4v) is 4.07. The first-order valence-electron chi connectivity index (χ1n) is 8.07. The second-order valence-electron chi connectivity index (χ2n) is 6.17. The van der Waals surface area contributed by atoms with Crippen molar-refractivity contribution in [3.63, 3.8) is 0 Å². The Morgan fingerprint density at radius 3 is 2.70 bits per heavy atom. The second kappa shape index (κ2) is 7.27. The van der Waals surface area contributed by atoms with E-state index in [1.165, 1.54) is 0 Å². The molecule has 1 unspecified atom stereocenters. The predicted molar refractivity (Wildman–Crippen MR) is 89.3 cm³/mol. The van der Waals surface area contributed by atoms with E-state index in [4.69, 9.17) is 5.73 Å². The molecule has 0 bridgehead atoms. The van der Waals surface area contributed by atoms with Crippen LogP contribution in [0.3, 0.4) is 0 Å². The minimum Gasteiger partial charge on any atom is -0.369 e. The Morgan fingerprint density at radius 1 is 1.26 bits per heavy atom. The number of primary amides is 1. The van der Waals surface area contributed by atoms with E-state index in [1.54, 1.807) is 11.3 Å². The normalized spacial score (nSPS) is 23.0. The number of piperidine rings is 1. The van der Waals surface area contributed by atoms with Gasteiger partial charge in [-0.05, 0) is 19.4 Å². The number of hydrogen-bond donors (Lipinski definition) is 1. The van der Waals surface area contributed by atoms with Gasteiger partial charge >= 0.3 is 0 Å². The third kappa shape index (κ3) is 4.00. The number of carbonyl (C=O) groups excluding carboxylic acids is 2. The highest BCUT2D eigenvalue weighted by molar-refractivity contribution is 7.13. The summed E-state index contributed by atoms with van der Waals surface area (Å²) in [7, 11) is 0. The van der Waals surface area contributed by atoms with E-state index < -0.39 is 0 Å². The number of aromatic nitrogens is 1. The highest BCUT2D eigenvalue weighted by Crippen LogP contribution is 2.22. The van der Waals surface area contributed by atoms with Gasteiger partial charge in [0.15, 0.2) is 5.13 Å². The molecule has 8 heteroatoms. The van der Waals surface area contributed by atoms with Crippen LogP contribution in [0.25, 0.3) is 0 Å². The summed E-state index contributed by atoms with van der Waals surface area (Å²) in [5.74, 6) is -0.109. The fourth-order valence-electron chi connectivity index (χ4n) is 3.37. The van der Waals surface area contributed by atoms with Gasteiger partial charge in [0.05, 0.1) is 12.5 Å².